The fraction of sp³-hybridized carbons (Fsp3) is 0.455. The summed E-state index contributed by atoms with van der Waals surface area (Å²) in [6.07, 6.45) is 1.03. The second-order valence-corrected chi connectivity index (χ2v) is 3.60. The highest BCUT2D eigenvalue weighted by molar-refractivity contribution is 5.61. The smallest absolute Gasteiger partial charge is 0.292 e. The summed E-state index contributed by atoms with van der Waals surface area (Å²) in [7, 11) is 0. The summed E-state index contributed by atoms with van der Waals surface area (Å²) in [5, 5.41) is 16.7. The quantitative estimate of drug-likeness (QED) is 0.436. The molecule has 1 rings (SSSR count). The fourth-order valence-electron chi connectivity index (χ4n) is 1.40. The van der Waals surface area contributed by atoms with Crippen molar-refractivity contribution in [3.63, 3.8) is 0 Å². The molecule has 0 heterocycles. The van der Waals surface area contributed by atoms with Crippen LogP contribution in [0.15, 0.2) is 18.2 Å². The SMILES string of the molecule is CCCNCCNc1cc(F)ccc1[N+](=O)[O-]. The molecule has 0 spiro atoms. The average Bonchev–Trinajstić information content (AvgIpc) is 2.28. The van der Waals surface area contributed by atoms with Crippen LogP contribution < -0.4 is 10.6 Å². The van der Waals surface area contributed by atoms with Gasteiger partial charge in [0.05, 0.1) is 4.92 Å². The highest BCUT2D eigenvalue weighted by Crippen LogP contribution is 2.24. The van der Waals surface area contributed by atoms with Gasteiger partial charge in [-0.2, -0.15) is 0 Å². The van der Waals surface area contributed by atoms with E-state index in [9.17, 15) is 14.5 Å². The summed E-state index contributed by atoms with van der Waals surface area (Å²) >= 11 is 0. The maximum Gasteiger partial charge on any atom is 0.292 e. The minimum Gasteiger partial charge on any atom is -0.378 e. The maximum absolute atomic E-state index is 13.0. The molecule has 0 aliphatic heterocycles. The van der Waals surface area contributed by atoms with E-state index in [0.29, 0.717) is 13.1 Å². The number of nitro groups is 1. The number of anilines is 1. The Hall–Kier alpha value is -1.69. The van der Waals surface area contributed by atoms with Gasteiger partial charge in [0, 0.05) is 25.2 Å². The number of nitrogens with one attached hydrogen (secondary N) is 2. The number of nitrogens with zero attached hydrogens (tertiary/aromatic N) is 1. The molecule has 1 aromatic rings. The Balaban J connectivity index is 2.56. The van der Waals surface area contributed by atoms with Crippen LogP contribution in [0.5, 0.6) is 0 Å². The topological polar surface area (TPSA) is 67.2 Å². The number of benzene rings is 1. The van der Waals surface area contributed by atoms with Gasteiger partial charge in [-0.05, 0) is 19.0 Å². The van der Waals surface area contributed by atoms with E-state index in [1.165, 1.54) is 0 Å². The molecule has 17 heavy (non-hydrogen) atoms. The van der Waals surface area contributed by atoms with Crippen molar-refractivity contribution in [1.82, 2.24) is 5.32 Å². The molecule has 2 N–H and O–H groups in total. The van der Waals surface area contributed by atoms with Gasteiger partial charge in [-0.1, -0.05) is 6.92 Å². The summed E-state index contributed by atoms with van der Waals surface area (Å²) in [6, 6.07) is 3.38. The van der Waals surface area contributed by atoms with Crippen molar-refractivity contribution in [3.05, 3.63) is 34.1 Å². The van der Waals surface area contributed by atoms with Crippen molar-refractivity contribution in [2.75, 3.05) is 25.0 Å². The summed E-state index contributed by atoms with van der Waals surface area (Å²) < 4.78 is 13.0. The highest BCUT2D eigenvalue weighted by atomic mass is 19.1. The van der Waals surface area contributed by atoms with E-state index in [1.54, 1.807) is 0 Å². The van der Waals surface area contributed by atoms with Crippen molar-refractivity contribution >= 4 is 11.4 Å². The fourth-order valence-corrected chi connectivity index (χ4v) is 1.40. The molecule has 0 bridgehead atoms. The average molecular weight is 241 g/mol. The first-order valence-electron chi connectivity index (χ1n) is 5.53. The monoisotopic (exact) mass is 241 g/mol. The van der Waals surface area contributed by atoms with E-state index in [1.807, 2.05) is 0 Å². The van der Waals surface area contributed by atoms with Crippen LogP contribution in [0.2, 0.25) is 0 Å². The van der Waals surface area contributed by atoms with Gasteiger partial charge >= 0.3 is 0 Å². The number of hydrogen-bond acceptors (Lipinski definition) is 4. The van der Waals surface area contributed by atoms with Crippen molar-refractivity contribution < 1.29 is 9.31 Å². The second-order valence-electron chi connectivity index (χ2n) is 3.60. The van der Waals surface area contributed by atoms with Crippen LogP contribution in [-0.4, -0.2) is 24.6 Å². The van der Waals surface area contributed by atoms with Crippen LogP contribution in [0.1, 0.15) is 13.3 Å². The van der Waals surface area contributed by atoms with Crippen molar-refractivity contribution in [1.29, 1.82) is 0 Å². The summed E-state index contributed by atoms with van der Waals surface area (Å²) in [5.41, 5.74) is 0.107. The summed E-state index contributed by atoms with van der Waals surface area (Å²) in [6.45, 7) is 4.15. The molecule has 0 atom stereocenters. The minimum absolute atomic E-state index is 0.109. The van der Waals surface area contributed by atoms with Crippen LogP contribution >= 0.6 is 0 Å². The number of halogens is 1. The Labute approximate surface area is 99.2 Å². The maximum atomic E-state index is 13.0. The van der Waals surface area contributed by atoms with E-state index < -0.39 is 10.7 Å². The normalized spacial score (nSPS) is 10.2. The van der Waals surface area contributed by atoms with Gasteiger partial charge in [-0.15, -0.1) is 0 Å². The Morgan fingerprint density at radius 1 is 1.35 bits per heavy atom. The Morgan fingerprint density at radius 2 is 2.12 bits per heavy atom. The zero-order chi connectivity index (χ0) is 12.7. The molecule has 0 fully saturated rings. The molecule has 94 valence electrons. The molecular formula is C11H16FN3O2. The summed E-state index contributed by atoms with van der Waals surface area (Å²) in [4.78, 5) is 10.2. The highest BCUT2D eigenvalue weighted by Gasteiger charge is 2.13. The molecule has 0 aromatic heterocycles. The van der Waals surface area contributed by atoms with E-state index in [4.69, 9.17) is 0 Å². The molecule has 6 heteroatoms. The van der Waals surface area contributed by atoms with E-state index in [2.05, 4.69) is 17.6 Å². The summed E-state index contributed by atoms with van der Waals surface area (Å²) in [5.74, 6) is -0.486. The molecule has 0 aliphatic carbocycles. The standard InChI is InChI=1S/C11H16FN3O2/c1-2-5-13-6-7-14-10-8-9(12)3-4-11(10)15(16)17/h3-4,8,13-14H,2,5-7H2,1H3. The van der Waals surface area contributed by atoms with Gasteiger partial charge < -0.3 is 10.6 Å². The molecule has 0 radical (unpaired) electrons. The Kier molecular flexibility index (Phi) is 5.35. The van der Waals surface area contributed by atoms with Gasteiger partial charge in [0.1, 0.15) is 11.5 Å². The number of rotatable bonds is 7. The first-order chi connectivity index (χ1) is 8.15. The van der Waals surface area contributed by atoms with Gasteiger partial charge in [0.2, 0.25) is 0 Å². The van der Waals surface area contributed by atoms with Crippen LogP contribution in [0.3, 0.4) is 0 Å². The minimum atomic E-state index is -0.527. The van der Waals surface area contributed by atoms with Gasteiger partial charge in [-0.25, -0.2) is 4.39 Å². The first kappa shape index (κ1) is 13.4. The first-order valence-corrected chi connectivity index (χ1v) is 5.53. The van der Waals surface area contributed by atoms with Crippen LogP contribution in [0.4, 0.5) is 15.8 Å². The van der Waals surface area contributed by atoms with Crippen LogP contribution in [0, 0.1) is 15.9 Å². The molecule has 0 amide bonds. The molecule has 1 aromatic carbocycles. The molecule has 5 nitrogen and oxygen atoms in total. The molecular weight excluding hydrogens is 225 g/mol. The Bertz CT molecular complexity index is 385. The third kappa shape index (κ3) is 4.36. The predicted octanol–water partition coefficient (Wildman–Crippen LogP) is 2.15. The largest absolute Gasteiger partial charge is 0.378 e. The number of hydrogen-bond donors (Lipinski definition) is 2. The third-order valence-electron chi connectivity index (χ3n) is 2.20. The number of nitro benzene ring substituents is 1. The lowest BCUT2D eigenvalue weighted by Gasteiger charge is -2.07. The predicted molar refractivity (Wildman–Crippen MR) is 64.7 cm³/mol. The van der Waals surface area contributed by atoms with Crippen LogP contribution in [0.25, 0.3) is 0 Å². The molecule has 0 aliphatic rings. The van der Waals surface area contributed by atoms with Gasteiger partial charge in [0.25, 0.3) is 5.69 Å². The zero-order valence-electron chi connectivity index (χ0n) is 9.70. The van der Waals surface area contributed by atoms with E-state index in [-0.39, 0.29) is 11.4 Å². The van der Waals surface area contributed by atoms with E-state index in [0.717, 1.165) is 31.2 Å². The lowest BCUT2D eigenvalue weighted by atomic mass is 10.2. The van der Waals surface area contributed by atoms with Crippen LogP contribution in [-0.2, 0) is 0 Å². The lowest BCUT2D eigenvalue weighted by Crippen LogP contribution is -2.23. The molecule has 0 saturated heterocycles. The van der Waals surface area contributed by atoms with Crippen molar-refractivity contribution in [2.24, 2.45) is 0 Å². The van der Waals surface area contributed by atoms with Crippen molar-refractivity contribution in [2.45, 2.75) is 13.3 Å². The molecule has 0 saturated carbocycles. The third-order valence-corrected chi connectivity index (χ3v) is 2.20. The van der Waals surface area contributed by atoms with Gasteiger partial charge in [-0.3, -0.25) is 10.1 Å². The molecule has 0 unspecified atom stereocenters. The zero-order valence-corrected chi connectivity index (χ0v) is 9.70. The van der Waals surface area contributed by atoms with Gasteiger partial charge in [0.15, 0.2) is 0 Å². The second kappa shape index (κ2) is 6.80. The van der Waals surface area contributed by atoms with E-state index >= 15 is 0 Å². The lowest BCUT2D eigenvalue weighted by molar-refractivity contribution is -0.384. The Morgan fingerprint density at radius 3 is 2.76 bits per heavy atom. The van der Waals surface area contributed by atoms with Crippen molar-refractivity contribution in [3.8, 4) is 0 Å².